The Kier molecular flexibility index (Phi) is 5.69. The first-order valence-corrected chi connectivity index (χ1v) is 8.93. The molecule has 2 amide bonds. The van der Waals surface area contributed by atoms with Crippen LogP contribution < -0.4 is 15.0 Å². The predicted octanol–water partition coefficient (Wildman–Crippen LogP) is 3.81. The number of nitrogens with zero attached hydrogens (tertiary/aromatic N) is 1. The number of halogens is 2. The molecule has 1 atom stereocenters. The number of hydrogen-bond acceptors (Lipinski definition) is 3. The molecule has 0 radical (unpaired) electrons. The van der Waals surface area contributed by atoms with Crippen molar-refractivity contribution in [1.29, 1.82) is 0 Å². The maximum atomic E-state index is 12.7. The van der Waals surface area contributed by atoms with Crippen LogP contribution in [-0.2, 0) is 16.1 Å². The number of carbonyl (C=O) groups excluding carboxylic acids is 2. The molecule has 1 saturated heterocycles. The molecule has 1 fully saturated rings. The smallest absolute Gasteiger partial charge is 0.243 e. The second-order valence-electron chi connectivity index (χ2n) is 5.97. The molecule has 2 aromatic rings. The minimum atomic E-state index is -0.540. The Morgan fingerprint density at radius 2 is 1.96 bits per heavy atom. The number of rotatable bonds is 5. The molecule has 0 aliphatic carbocycles. The molecule has 136 valence electrons. The zero-order chi connectivity index (χ0) is 18.7. The monoisotopic (exact) mass is 392 g/mol. The lowest BCUT2D eigenvalue weighted by molar-refractivity contribution is -0.124. The molecule has 0 spiro atoms. The van der Waals surface area contributed by atoms with Crippen LogP contribution in [0.2, 0.25) is 10.0 Å². The molecule has 0 aromatic heterocycles. The average Bonchev–Trinajstić information content (AvgIpc) is 3.02. The molecule has 7 heteroatoms. The lowest BCUT2D eigenvalue weighted by atomic mass is 10.1. The Labute approximate surface area is 161 Å². The van der Waals surface area contributed by atoms with Gasteiger partial charge < -0.3 is 10.1 Å². The second kappa shape index (κ2) is 7.98. The maximum absolute atomic E-state index is 12.7. The first-order chi connectivity index (χ1) is 12.5. The molecule has 1 N–H and O–H groups in total. The van der Waals surface area contributed by atoms with Gasteiger partial charge in [-0.25, -0.2) is 0 Å². The summed E-state index contributed by atoms with van der Waals surface area (Å²) >= 11 is 12.0. The minimum absolute atomic E-state index is 0.0696. The Morgan fingerprint density at radius 3 is 2.62 bits per heavy atom. The van der Waals surface area contributed by atoms with Gasteiger partial charge in [0.25, 0.3) is 0 Å². The SMILES string of the molecule is COc1ccc(N2C(=O)CC[C@H]2C(=O)NCc2ccc(Cl)cc2Cl)cc1. The molecule has 1 heterocycles. The topological polar surface area (TPSA) is 58.6 Å². The van der Waals surface area contributed by atoms with Crippen molar-refractivity contribution in [3.63, 3.8) is 0 Å². The standard InChI is InChI=1S/C19H18Cl2N2O3/c1-26-15-6-4-14(5-7-15)23-17(8-9-18(23)24)19(25)22-11-12-2-3-13(20)10-16(12)21/h2-7,10,17H,8-9,11H2,1H3,(H,22,25)/t17-/m0/s1. The number of hydrogen-bond donors (Lipinski definition) is 1. The van der Waals surface area contributed by atoms with Crippen LogP contribution in [0, 0.1) is 0 Å². The molecule has 3 rings (SSSR count). The van der Waals surface area contributed by atoms with Crippen molar-refractivity contribution >= 4 is 40.7 Å². The van der Waals surface area contributed by atoms with E-state index < -0.39 is 6.04 Å². The highest BCUT2D eigenvalue weighted by atomic mass is 35.5. The lowest BCUT2D eigenvalue weighted by Crippen LogP contribution is -2.44. The fraction of sp³-hybridized carbons (Fsp3) is 0.263. The summed E-state index contributed by atoms with van der Waals surface area (Å²) < 4.78 is 5.14. The Balaban J connectivity index is 1.71. The molecule has 0 saturated carbocycles. The first kappa shape index (κ1) is 18.5. The van der Waals surface area contributed by atoms with E-state index in [9.17, 15) is 9.59 Å². The van der Waals surface area contributed by atoms with Gasteiger partial charge >= 0.3 is 0 Å². The summed E-state index contributed by atoms with van der Waals surface area (Å²) in [5, 5.41) is 3.89. The van der Waals surface area contributed by atoms with Gasteiger partial charge in [-0.15, -0.1) is 0 Å². The van der Waals surface area contributed by atoms with E-state index in [0.29, 0.717) is 34.3 Å². The molecule has 5 nitrogen and oxygen atoms in total. The fourth-order valence-electron chi connectivity index (χ4n) is 2.96. The number of nitrogens with one attached hydrogen (secondary N) is 1. The van der Waals surface area contributed by atoms with E-state index >= 15 is 0 Å². The largest absolute Gasteiger partial charge is 0.497 e. The van der Waals surface area contributed by atoms with Crippen molar-refractivity contribution in [3.8, 4) is 5.75 Å². The van der Waals surface area contributed by atoms with Crippen molar-refractivity contribution in [2.45, 2.75) is 25.4 Å². The van der Waals surface area contributed by atoms with Crippen molar-refractivity contribution in [2.75, 3.05) is 12.0 Å². The van der Waals surface area contributed by atoms with Crippen molar-refractivity contribution in [1.82, 2.24) is 5.32 Å². The summed E-state index contributed by atoms with van der Waals surface area (Å²) in [5.41, 5.74) is 1.45. The van der Waals surface area contributed by atoms with Crippen LogP contribution in [0.15, 0.2) is 42.5 Å². The Hall–Kier alpha value is -2.24. The number of ether oxygens (including phenoxy) is 1. The van der Waals surface area contributed by atoms with Crippen molar-refractivity contribution in [3.05, 3.63) is 58.1 Å². The third-order valence-electron chi connectivity index (χ3n) is 4.33. The zero-order valence-corrected chi connectivity index (χ0v) is 15.7. The summed E-state index contributed by atoms with van der Waals surface area (Å²) in [5.74, 6) is 0.413. The lowest BCUT2D eigenvalue weighted by Gasteiger charge is -2.24. The van der Waals surface area contributed by atoms with E-state index in [1.807, 2.05) is 0 Å². The fourth-order valence-corrected chi connectivity index (χ4v) is 3.44. The van der Waals surface area contributed by atoms with Gasteiger partial charge in [0.05, 0.1) is 7.11 Å². The number of amides is 2. The summed E-state index contributed by atoms with van der Waals surface area (Å²) in [6.45, 7) is 0.274. The third kappa shape index (κ3) is 3.94. The number of methoxy groups -OCH3 is 1. The van der Waals surface area contributed by atoms with Crippen LogP contribution in [0.3, 0.4) is 0 Å². The van der Waals surface area contributed by atoms with Gasteiger partial charge in [-0.2, -0.15) is 0 Å². The van der Waals surface area contributed by atoms with Gasteiger partial charge in [-0.3, -0.25) is 14.5 Å². The molecule has 1 aliphatic rings. The van der Waals surface area contributed by atoms with E-state index in [4.69, 9.17) is 27.9 Å². The van der Waals surface area contributed by atoms with Gasteiger partial charge in [0.1, 0.15) is 11.8 Å². The first-order valence-electron chi connectivity index (χ1n) is 8.17. The highest BCUT2D eigenvalue weighted by molar-refractivity contribution is 6.35. The number of anilines is 1. The van der Waals surface area contributed by atoms with E-state index in [0.717, 1.165) is 5.56 Å². The van der Waals surface area contributed by atoms with E-state index in [-0.39, 0.29) is 18.4 Å². The average molecular weight is 393 g/mol. The molecular weight excluding hydrogens is 375 g/mol. The van der Waals surface area contributed by atoms with Crippen LogP contribution >= 0.6 is 23.2 Å². The number of benzene rings is 2. The van der Waals surface area contributed by atoms with Crippen LogP contribution in [0.1, 0.15) is 18.4 Å². The van der Waals surface area contributed by atoms with Crippen LogP contribution in [0.4, 0.5) is 5.69 Å². The van der Waals surface area contributed by atoms with Crippen LogP contribution in [0.25, 0.3) is 0 Å². The molecule has 0 bridgehead atoms. The minimum Gasteiger partial charge on any atom is -0.497 e. The summed E-state index contributed by atoms with van der Waals surface area (Å²) in [7, 11) is 1.58. The molecule has 0 unspecified atom stereocenters. The van der Waals surface area contributed by atoms with Crippen LogP contribution in [-0.4, -0.2) is 25.0 Å². The third-order valence-corrected chi connectivity index (χ3v) is 4.92. The van der Waals surface area contributed by atoms with Crippen molar-refractivity contribution in [2.24, 2.45) is 0 Å². The summed E-state index contributed by atoms with van der Waals surface area (Å²) in [4.78, 5) is 26.5. The molecule has 26 heavy (non-hydrogen) atoms. The summed E-state index contributed by atoms with van der Waals surface area (Å²) in [6.07, 6.45) is 0.816. The van der Waals surface area contributed by atoms with Gasteiger partial charge in [-0.05, 0) is 48.4 Å². The zero-order valence-electron chi connectivity index (χ0n) is 14.2. The number of carbonyl (C=O) groups is 2. The molecule has 2 aromatic carbocycles. The van der Waals surface area contributed by atoms with Crippen molar-refractivity contribution < 1.29 is 14.3 Å². The van der Waals surface area contributed by atoms with Gasteiger partial charge in [-0.1, -0.05) is 29.3 Å². The Morgan fingerprint density at radius 1 is 1.23 bits per heavy atom. The summed E-state index contributed by atoms with van der Waals surface area (Å²) in [6, 6.07) is 11.7. The normalized spacial score (nSPS) is 16.7. The predicted molar refractivity (Wildman–Crippen MR) is 102 cm³/mol. The van der Waals surface area contributed by atoms with Gasteiger partial charge in [0, 0.05) is 28.7 Å². The van der Waals surface area contributed by atoms with E-state index in [1.165, 1.54) is 4.90 Å². The quantitative estimate of drug-likeness (QED) is 0.841. The van der Waals surface area contributed by atoms with Gasteiger partial charge in [0.15, 0.2) is 0 Å². The second-order valence-corrected chi connectivity index (χ2v) is 6.81. The van der Waals surface area contributed by atoms with E-state index in [2.05, 4.69) is 5.32 Å². The van der Waals surface area contributed by atoms with Gasteiger partial charge in [0.2, 0.25) is 11.8 Å². The molecular formula is C19H18Cl2N2O3. The maximum Gasteiger partial charge on any atom is 0.243 e. The van der Waals surface area contributed by atoms with E-state index in [1.54, 1.807) is 49.6 Å². The Bertz CT molecular complexity index is 824. The van der Waals surface area contributed by atoms with Crippen LogP contribution in [0.5, 0.6) is 5.75 Å². The highest BCUT2D eigenvalue weighted by Gasteiger charge is 2.36. The highest BCUT2D eigenvalue weighted by Crippen LogP contribution is 2.28. The molecule has 1 aliphatic heterocycles.